The third-order valence-corrected chi connectivity index (χ3v) is 4.74. The highest BCUT2D eigenvalue weighted by Gasteiger charge is 2.29. The maximum atomic E-state index is 6.00. The summed E-state index contributed by atoms with van der Waals surface area (Å²) in [6.07, 6.45) is 9.39. The zero-order valence-corrected chi connectivity index (χ0v) is 12.1. The molecule has 1 fully saturated rings. The van der Waals surface area contributed by atoms with Crippen LogP contribution in [0.25, 0.3) is 0 Å². The Labute approximate surface area is 108 Å². The SMILES string of the molecule is CCC(C)(C)CNCCC1(CN)CCCCC1. The van der Waals surface area contributed by atoms with Gasteiger partial charge in [-0.15, -0.1) is 0 Å². The largest absolute Gasteiger partial charge is 0.330 e. The molecule has 17 heavy (non-hydrogen) atoms. The third-order valence-electron chi connectivity index (χ3n) is 4.74. The molecule has 0 heterocycles. The lowest BCUT2D eigenvalue weighted by Gasteiger charge is -2.36. The molecule has 2 nitrogen and oxygen atoms in total. The lowest BCUT2D eigenvalue weighted by molar-refractivity contribution is 0.178. The molecule has 0 unspecified atom stereocenters. The van der Waals surface area contributed by atoms with E-state index in [1.807, 2.05) is 0 Å². The van der Waals surface area contributed by atoms with Crippen LogP contribution in [0.2, 0.25) is 0 Å². The molecule has 1 rings (SSSR count). The number of hydrogen-bond acceptors (Lipinski definition) is 2. The number of nitrogens with two attached hydrogens (primary N) is 1. The van der Waals surface area contributed by atoms with Crippen LogP contribution < -0.4 is 11.1 Å². The van der Waals surface area contributed by atoms with E-state index in [4.69, 9.17) is 5.73 Å². The van der Waals surface area contributed by atoms with Crippen LogP contribution >= 0.6 is 0 Å². The first-order valence-electron chi connectivity index (χ1n) is 7.44. The van der Waals surface area contributed by atoms with Gasteiger partial charge in [-0.05, 0) is 49.6 Å². The minimum atomic E-state index is 0.433. The predicted molar refractivity (Wildman–Crippen MR) is 76.1 cm³/mol. The Hall–Kier alpha value is -0.0800. The molecule has 0 amide bonds. The first-order valence-corrected chi connectivity index (χ1v) is 7.44. The van der Waals surface area contributed by atoms with E-state index in [0.717, 1.165) is 19.6 Å². The van der Waals surface area contributed by atoms with Crippen LogP contribution in [-0.4, -0.2) is 19.6 Å². The fourth-order valence-electron chi connectivity index (χ4n) is 2.76. The first-order chi connectivity index (χ1) is 8.04. The highest BCUT2D eigenvalue weighted by Crippen LogP contribution is 2.37. The molecule has 0 spiro atoms. The molecule has 0 aromatic heterocycles. The molecule has 0 aromatic carbocycles. The van der Waals surface area contributed by atoms with Crippen LogP contribution in [0.1, 0.15) is 65.7 Å². The average molecular weight is 240 g/mol. The molecule has 0 saturated heterocycles. The van der Waals surface area contributed by atoms with Gasteiger partial charge in [-0.1, -0.05) is 40.0 Å². The normalized spacial score (nSPS) is 20.5. The fourth-order valence-corrected chi connectivity index (χ4v) is 2.76. The van der Waals surface area contributed by atoms with Crippen LogP contribution in [-0.2, 0) is 0 Å². The summed E-state index contributed by atoms with van der Waals surface area (Å²) in [4.78, 5) is 0. The van der Waals surface area contributed by atoms with E-state index in [1.54, 1.807) is 0 Å². The zero-order valence-electron chi connectivity index (χ0n) is 12.1. The molecule has 0 aromatic rings. The molecule has 1 aliphatic rings. The summed E-state index contributed by atoms with van der Waals surface area (Å²) in [5, 5.41) is 3.63. The van der Waals surface area contributed by atoms with Crippen molar-refractivity contribution < 1.29 is 0 Å². The van der Waals surface area contributed by atoms with Crippen molar-refractivity contribution >= 4 is 0 Å². The van der Waals surface area contributed by atoms with Crippen molar-refractivity contribution in [3.63, 3.8) is 0 Å². The summed E-state index contributed by atoms with van der Waals surface area (Å²) < 4.78 is 0. The van der Waals surface area contributed by atoms with Crippen molar-refractivity contribution in [2.45, 2.75) is 65.7 Å². The standard InChI is InChI=1S/C15H32N2/c1-4-14(2,3)13-17-11-10-15(12-16)8-6-5-7-9-15/h17H,4-13,16H2,1-3H3. The van der Waals surface area contributed by atoms with Crippen LogP contribution in [0.4, 0.5) is 0 Å². The topological polar surface area (TPSA) is 38.0 Å². The second-order valence-electron chi connectivity index (χ2n) is 6.71. The first kappa shape index (κ1) is 15.0. The molecule has 0 bridgehead atoms. The molecular formula is C15H32N2. The van der Waals surface area contributed by atoms with Crippen molar-refractivity contribution in [1.29, 1.82) is 0 Å². The van der Waals surface area contributed by atoms with E-state index in [2.05, 4.69) is 26.1 Å². The van der Waals surface area contributed by atoms with Gasteiger partial charge in [0.25, 0.3) is 0 Å². The van der Waals surface area contributed by atoms with Crippen molar-refractivity contribution in [3.05, 3.63) is 0 Å². The third kappa shape index (κ3) is 4.97. The van der Waals surface area contributed by atoms with Crippen LogP contribution in [0, 0.1) is 10.8 Å². The predicted octanol–water partition coefficient (Wildman–Crippen LogP) is 3.31. The van der Waals surface area contributed by atoms with E-state index >= 15 is 0 Å². The second-order valence-corrected chi connectivity index (χ2v) is 6.71. The van der Waals surface area contributed by atoms with Crippen LogP contribution in [0.3, 0.4) is 0 Å². The molecule has 0 aliphatic heterocycles. The summed E-state index contributed by atoms with van der Waals surface area (Å²) in [7, 11) is 0. The van der Waals surface area contributed by atoms with Crippen molar-refractivity contribution in [2.75, 3.05) is 19.6 Å². The van der Waals surface area contributed by atoms with Crippen molar-refractivity contribution in [3.8, 4) is 0 Å². The zero-order chi connectivity index (χ0) is 12.8. The Morgan fingerprint density at radius 3 is 2.35 bits per heavy atom. The van der Waals surface area contributed by atoms with Gasteiger partial charge >= 0.3 is 0 Å². The summed E-state index contributed by atoms with van der Waals surface area (Å²) in [5.41, 5.74) is 6.90. The van der Waals surface area contributed by atoms with Gasteiger partial charge in [0.05, 0.1) is 0 Å². The lowest BCUT2D eigenvalue weighted by atomic mass is 9.72. The minimum absolute atomic E-state index is 0.433. The molecule has 3 N–H and O–H groups in total. The van der Waals surface area contributed by atoms with E-state index in [-0.39, 0.29) is 0 Å². The maximum Gasteiger partial charge on any atom is 0.000242 e. The van der Waals surface area contributed by atoms with Gasteiger partial charge < -0.3 is 11.1 Å². The highest BCUT2D eigenvalue weighted by molar-refractivity contribution is 4.84. The molecule has 0 atom stereocenters. The summed E-state index contributed by atoms with van der Waals surface area (Å²) >= 11 is 0. The Balaban J connectivity index is 2.24. The van der Waals surface area contributed by atoms with Gasteiger partial charge in [0, 0.05) is 6.54 Å². The Morgan fingerprint density at radius 1 is 1.18 bits per heavy atom. The quantitative estimate of drug-likeness (QED) is 0.670. The Kier molecular flexibility index (Phi) is 5.94. The van der Waals surface area contributed by atoms with Gasteiger partial charge in [0.15, 0.2) is 0 Å². The molecular weight excluding hydrogens is 208 g/mol. The van der Waals surface area contributed by atoms with Gasteiger partial charge in [-0.2, -0.15) is 0 Å². The summed E-state index contributed by atoms with van der Waals surface area (Å²) in [5.74, 6) is 0. The monoisotopic (exact) mass is 240 g/mol. The maximum absolute atomic E-state index is 6.00. The molecule has 0 radical (unpaired) electrons. The summed E-state index contributed by atoms with van der Waals surface area (Å²) in [6, 6.07) is 0. The smallest absolute Gasteiger partial charge is 0.000242 e. The van der Waals surface area contributed by atoms with Gasteiger partial charge in [-0.25, -0.2) is 0 Å². The molecule has 1 saturated carbocycles. The Bertz CT molecular complexity index is 205. The average Bonchev–Trinajstić information content (AvgIpc) is 2.36. The van der Waals surface area contributed by atoms with Crippen LogP contribution in [0.15, 0.2) is 0 Å². The Morgan fingerprint density at radius 2 is 1.82 bits per heavy atom. The van der Waals surface area contributed by atoms with Gasteiger partial charge in [0.1, 0.15) is 0 Å². The lowest BCUT2D eigenvalue weighted by Crippen LogP contribution is -2.37. The van der Waals surface area contributed by atoms with E-state index < -0.39 is 0 Å². The fraction of sp³-hybridized carbons (Fsp3) is 1.00. The summed E-state index contributed by atoms with van der Waals surface area (Å²) in [6.45, 7) is 10.1. The van der Waals surface area contributed by atoms with Gasteiger partial charge in [0.2, 0.25) is 0 Å². The number of nitrogens with one attached hydrogen (secondary N) is 1. The van der Waals surface area contributed by atoms with Crippen molar-refractivity contribution in [2.24, 2.45) is 16.6 Å². The molecule has 102 valence electrons. The minimum Gasteiger partial charge on any atom is -0.330 e. The van der Waals surface area contributed by atoms with Gasteiger partial charge in [-0.3, -0.25) is 0 Å². The van der Waals surface area contributed by atoms with E-state index in [1.165, 1.54) is 44.9 Å². The molecule has 2 heteroatoms. The van der Waals surface area contributed by atoms with Crippen molar-refractivity contribution in [1.82, 2.24) is 5.32 Å². The second kappa shape index (κ2) is 6.75. The number of rotatable bonds is 7. The molecule has 1 aliphatic carbocycles. The van der Waals surface area contributed by atoms with E-state index in [9.17, 15) is 0 Å². The van der Waals surface area contributed by atoms with Crippen LogP contribution in [0.5, 0.6) is 0 Å². The highest BCUT2D eigenvalue weighted by atomic mass is 14.9. The van der Waals surface area contributed by atoms with E-state index in [0.29, 0.717) is 10.8 Å². The number of hydrogen-bond donors (Lipinski definition) is 2.